The molecule has 1 aliphatic carbocycles. The Morgan fingerprint density at radius 3 is 2.83 bits per heavy atom. The fourth-order valence-electron chi connectivity index (χ4n) is 3.38. The number of hydrogen-bond acceptors (Lipinski definition) is 2. The predicted molar refractivity (Wildman–Crippen MR) is 68.4 cm³/mol. The Hall–Kier alpha value is -1.29. The van der Waals surface area contributed by atoms with Crippen molar-refractivity contribution in [1.82, 2.24) is 9.47 Å². The smallest absolute Gasteiger partial charge is 0.245 e. The zero-order valence-corrected chi connectivity index (χ0v) is 11.0. The highest BCUT2D eigenvalue weighted by molar-refractivity contribution is 5.82. The van der Waals surface area contributed by atoms with Crippen molar-refractivity contribution in [1.29, 1.82) is 0 Å². The van der Waals surface area contributed by atoms with Crippen molar-refractivity contribution in [2.75, 3.05) is 13.6 Å². The van der Waals surface area contributed by atoms with Gasteiger partial charge in [-0.15, -0.1) is 0 Å². The van der Waals surface area contributed by atoms with E-state index in [1.54, 1.807) is 4.90 Å². The summed E-state index contributed by atoms with van der Waals surface area (Å²) < 4.78 is 2.17. The van der Waals surface area contributed by atoms with Gasteiger partial charge in [-0.3, -0.25) is 4.79 Å². The van der Waals surface area contributed by atoms with Crippen molar-refractivity contribution in [2.24, 2.45) is 0 Å². The van der Waals surface area contributed by atoms with Gasteiger partial charge in [-0.25, -0.2) is 0 Å². The Bertz CT molecular complexity index is 492. The number of nitrogens with zero attached hydrogens (tertiary/aromatic N) is 2. The highest BCUT2D eigenvalue weighted by atomic mass is 16.3. The lowest BCUT2D eigenvalue weighted by molar-refractivity contribution is -0.129. The van der Waals surface area contributed by atoms with E-state index in [0.29, 0.717) is 0 Å². The summed E-state index contributed by atoms with van der Waals surface area (Å²) in [7, 11) is 1.86. The molecule has 0 radical (unpaired) electrons. The summed E-state index contributed by atoms with van der Waals surface area (Å²) in [5, 5.41) is 10.1. The van der Waals surface area contributed by atoms with Gasteiger partial charge >= 0.3 is 0 Å². The predicted octanol–water partition coefficient (Wildman–Crippen LogP) is 1.57. The SMILES string of the molecule is Cc1cc2c(n1C1CCN(C)C1=O)CCCC2O. The van der Waals surface area contributed by atoms with E-state index in [-0.39, 0.29) is 18.1 Å². The van der Waals surface area contributed by atoms with Crippen LogP contribution in [-0.4, -0.2) is 34.1 Å². The van der Waals surface area contributed by atoms with Crippen molar-refractivity contribution in [2.45, 2.75) is 44.8 Å². The number of likely N-dealkylation sites (N-methyl/N-ethyl adjacent to an activating group) is 1. The first-order chi connectivity index (χ1) is 8.59. The molecule has 2 heterocycles. The molecule has 1 aromatic heterocycles. The molecule has 2 aliphatic rings. The molecule has 1 fully saturated rings. The second kappa shape index (κ2) is 4.12. The Labute approximate surface area is 107 Å². The molecule has 98 valence electrons. The number of fused-ring (bicyclic) bond motifs is 1. The maximum Gasteiger partial charge on any atom is 0.245 e. The maximum absolute atomic E-state index is 12.2. The van der Waals surface area contributed by atoms with Crippen LogP contribution in [0.25, 0.3) is 0 Å². The van der Waals surface area contributed by atoms with Gasteiger partial charge in [-0.1, -0.05) is 0 Å². The number of amides is 1. The molecule has 2 atom stereocenters. The highest BCUT2D eigenvalue weighted by Crippen LogP contribution is 2.36. The van der Waals surface area contributed by atoms with Crippen LogP contribution in [0.3, 0.4) is 0 Å². The average Bonchev–Trinajstić information content (AvgIpc) is 2.83. The van der Waals surface area contributed by atoms with Crippen LogP contribution in [0.4, 0.5) is 0 Å². The molecule has 1 saturated heterocycles. The van der Waals surface area contributed by atoms with Crippen molar-refractivity contribution < 1.29 is 9.90 Å². The van der Waals surface area contributed by atoms with E-state index in [9.17, 15) is 9.90 Å². The van der Waals surface area contributed by atoms with Crippen molar-refractivity contribution in [3.63, 3.8) is 0 Å². The minimum absolute atomic E-state index is 0.0518. The topological polar surface area (TPSA) is 45.5 Å². The van der Waals surface area contributed by atoms with Gasteiger partial charge in [0.2, 0.25) is 5.91 Å². The molecule has 0 spiro atoms. The number of aromatic nitrogens is 1. The van der Waals surface area contributed by atoms with Gasteiger partial charge < -0.3 is 14.6 Å². The quantitative estimate of drug-likeness (QED) is 0.820. The van der Waals surface area contributed by atoms with Gasteiger partial charge in [-0.2, -0.15) is 0 Å². The van der Waals surface area contributed by atoms with Crippen LogP contribution in [-0.2, 0) is 11.2 Å². The fraction of sp³-hybridized carbons (Fsp3) is 0.643. The largest absolute Gasteiger partial charge is 0.388 e. The number of carbonyl (C=O) groups is 1. The van der Waals surface area contributed by atoms with E-state index in [4.69, 9.17) is 0 Å². The van der Waals surface area contributed by atoms with E-state index in [1.165, 1.54) is 5.69 Å². The molecule has 1 aromatic rings. The lowest BCUT2D eigenvalue weighted by atomic mass is 9.95. The summed E-state index contributed by atoms with van der Waals surface area (Å²) >= 11 is 0. The molecule has 3 rings (SSSR count). The summed E-state index contributed by atoms with van der Waals surface area (Å²) in [5.74, 6) is 0.205. The molecule has 1 N–H and O–H groups in total. The van der Waals surface area contributed by atoms with Gasteiger partial charge in [0.15, 0.2) is 0 Å². The molecule has 0 aromatic carbocycles. The molecular formula is C14H20N2O2. The first-order valence-electron chi connectivity index (χ1n) is 6.73. The maximum atomic E-state index is 12.2. The Kier molecular flexibility index (Phi) is 2.70. The number of aliphatic hydroxyl groups is 1. The van der Waals surface area contributed by atoms with Gasteiger partial charge in [0.25, 0.3) is 0 Å². The molecular weight excluding hydrogens is 228 g/mol. The normalized spacial score (nSPS) is 27.7. The number of carbonyl (C=O) groups excluding carboxylic acids is 1. The molecule has 4 nitrogen and oxygen atoms in total. The fourth-order valence-corrected chi connectivity index (χ4v) is 3.38. The molecule has 2 unspecified atom stereocenters. The van der Waals surface area contributed by atoms with E-state index < -0.39 is 0 Å². The van der Waals surface area contributed by atoms with Crippen LogP contribution in [0.15, 0.2) is 6.07 Å². The lowest BCUT2D eigenvalue weighted by Gasteiger charge is -2.23. The molecule has 18 heavy (non-hydrogen) atoms. The molecule has 4 heteroatoms. The van der Waals surface area contributed by atoms with E-state index in [2.05, 4.69) is 10.6 Å². The summed E-state index contributed by atoms with van der Waals surface area (Å²) in [5.41, 5.74) is 3.33. The summed E-state index contributed by atoms with van der Waals surface area (Å²) in [6.07, 6.45) is 3.37. The van der Waals surface area contributed by atoms with Crippen LogP contribution in [0.2, 0.25) is 0 Å². The summed E-state index contributed by atoms with van der Waals surface area (Å²) in [6, 6.07) is 2.01. The van der Waals surface area contributed by atoms with Crippen molar-refractivity contribution in [3.05, 3.63) is 23.0 Å². The number of rotatable bonds is 1. The number of aliphatic hydroxyl groups excluding tert-OH is 1. The van der Waals surface area contributed by atoms with Crippen LogP contribution in [0, 0.1) is 6.92 Å². The third-order valence-corrected chi connectivity index (χ3v) is 4.33. The second-order valence-corrected chi connectivity index (χ2v) is 5.53. The van der Waals surface area contributed by atoms with Gasteiger partial charge in [-0.05, 0) is 38.7 Å². The standard InChI is InChI=1S/C14H20N2O2/c1-9-8-10-11(4-3-5-13(10)17)16(9)12-6-7-15(2)14(12)18/h8,12-13,17H,3-7H2,1-2H3. The molecule has 0 bridgehead atoms. The lowest BCUT2D eigenvalue weighted by Crippen LogP contribution is -2.26. The summed E-state index contributed by atoms with van der Waals surface area (Å²) in [4.78, 5) is 14.0. The monoisotopic (exact) mass is 248 g/mol. The molecule has 1 aliphatic heterocycles. The van der Waals surface area contributed by atoms with Gasteiger partial charge in [0, 0.05) is 30.5 Å². The first-order valence-corrected chi connectivity index (χ1v) is 6.73. The van der Waals surface area contributed by atoms with Crippen LogP contribution in [0.1, 0.15) is 48.4 Å². The van der Waals surface area contributed by atoms with E-state index in [1.807, 2.05) is 14.0 Å². The Morgan fingerprint density at radius 1 is 1.39 bits per heavy atom. The number of hydrogen-bond donors (Lipinski definition) is 1. The van der Waals surface area contributed by atoms with Gasteiger partial charge in [0.1, 0.15) is 6.04 Å². The van der Waals surface area contributed by atoms with Gasteiger partial charge in [0.05, 0.1) is 6.10 Å². The van der Waals surface area contributed by atoms with Crippen LogP contribution < -0.4 is 0 Å². The molecule has 1 amide bonds. The Balaban J connectivity index is 2.05. The van der Waals surface area contributed by atoms with Crippen molar-refractivity contribution in [3.8, 4) is 0 Å². The third kappa shape index (κ3) is 1.59. The zero-order valence-electron chi connectivity index (χ0n) is 11.0. The van der Waals surface area contributed by atoms with E-state index >= 15 is 0 Å². The number of aryl methyl sites for hydroxylation is 1. The average molecular weight is 248 g/mol. The van der Waals surface area contributed by atoms with E-state index in [0.717, 1.165) is 43.5 Å². The summed E-state index contributed by atoms with van der Waals surface area (Å²) in [6.45, 7) is 2.87. The third-order valence-electron chi connectivity index (χ3n) is 4.33. The van der Waals surface area contributed by atoms with Crippen LogP contribution >= 0.6 is 0 Å². The van der Waals surface area contributed by atoms with Crippen molar-refractivity contribution >= 4 is 5.91 Å². The number of likely N-dealkylation sites (tertiary alicyclic amines) is 1. The highest BCUT2D eigenvalue weighted by Gasteiger charge is 2.34. The zero-order chi connectivity index (χ0) is 12.9. The first kappa shape index (κ1) is 11.8. The second-order valence-electron chi connectivity index (χ2n) is 5.53. The molecule has 0 saturated carbocycles. The minimum Gasteiger partial charge on any atom is -0.388 e. The Morgan fingerprint density at radius 2 is 2.17 bits per heavy atom. The minimum atomic E-state index is -0.345. The van der Waals surface area contributed by atoms with Crippen LogP contribution in [0.5, 0.6) is 0 Å².